The van der Waals surface area contributed by atoms with Crippen molar-refractivity contribution in [1.29, 1.82) is 0 Å². The highest BCUT2D eigenvalue weighted by Crippen LogP contribution is 2.23. The fourth-order valence-corrected chi connectivity index (χ4v) is 3.24. The molecule has 1 aromatic rings. The van der Waals surface area contributed by atoms with E-state index in [0.29, 0.717) is 0 Å². The SMILES string of the molecule is CC(=O)CC(=O)Nc1ccc(CS(C)(=O)=O)cc1S(N)(=O)=O. The van der Waals surface area contributed by atoms with E-state index in [0.717, 1.165) is 12.3 Å². The molecule has 0 saturated carbocycles. The van der Waals surface area contributed by atoms with Crippen LogP contribution in [-0.2, 0) is 35.2 Å². The Bertz CT molecular complexity index is 812. The zero-order valence-electron chi connectivity index (χ0n) is 12.0. The van der Waals surface area contributed by atoms with Crippen LogP contribution in [0.25, 0.3) is 0 Å². The first-order chi connectivity index (χ1) is 9.88. The molecule has 1 amide bonds. The van der Waals surface area contributed by atoms with Crippen LogP contribution >= 0.6 is 0 Å². The Kier molecular flexibility index (Phi) is 5.44. The molecule has 0 atom stereocenters. The lowest BCUT2D eigenvalue weighted by Gasteiger charge is -2.11. The zero-order valence-corrected chi connectivity index (χ0v) is 13.6. The van der Waals surface area contributed by atoms with Crippen LogP contribution in [0.15, 0.2) is 23.1 Å². The first kappa shape index (κ1) is 18.3. The summed E-state index contributed by atoms with van der Waals surface area (Å²) in [6, 6.07) is 3.68. The summed E-state index contributed by atoms with van der Waals surface area (Å²) in [5, 5.41) is 7.34. The van der Waals surface area contributed by atoms with Gasteiger partial charge in [0.1, 0.15) is 10.7 Å². The summed E-state index contributed by atoms with van der Waals surface area (Å²) in [7, 11) is -7.54. The lowest BCUT2D eigenvalue weighted by atomic mass is 10.2. The largest absolute Gasteiger partial charge is 0.324 e. The molecule has 0 saturated heterocycles. The number of sulfonamides is 1. The average molecular weight is 348 g/mol. The molecular formula is C12H16N2O6S2. The Balaban J connectivity index is 3.23. The Labute approximate surface area is 128 Å². The van der Waals surface area contributed by atoms with Gasteiger partial charge in [-0.05, 0) is 24.6 Å². The molecule has 3 N–H and O–H groups in total. The van der Waals surface area contributed by atoms with E-state index in [1.165, 1.54) is 19.1 Å². The van der Waals surface area contributed by atoms with Crippen molar-refractivity contribution in [3.63, 3.8) is 0 Å². The van der Waals surface area contributed by atoms with Gasteiger partial charge in [-0.2, -0.15) is 0 Å². The number of hydrogen-bond donors (Lipinski definition) is 2. The van der Waals surface area contributed by atoms with Crippen LogP contribution in [0.5, 0.6) is 0 Å². The number of Topliss-reactive ketones (excluding diaryl/α,β-unsaturated/α-hetero) is 1. The van der Waals surface area contributed by atoms with Gasteiger partial charge < -0.3 is 5.32 Å². The fraction of sp³-hybridized carbons (Fsp3) is 0.333. The number of carbonyl (C=O) groups excluding carboxylic acids is 2. The second kappa shape index (κ2) is 6.55. The van der Waals surface area contributed by atoms with Crippen molar-refractivity contribution in [3.8, 4) is 0 Å². The molecule has 0 heterocycles. The van der Waals surface area contributed by atoms with Gasteiger partial charge in [-0.15, -0.1) is 0 Å². The minimum Gasteiger partial charge on any atom is -0.324 e. The van der Waals surface area contributed by atoms with Gasteiger partial charge in [0.15, 0.2) is 9.84 Å². The summed E-state index contributed by atoms with van der Waals surface area (Å²) in [6.07, 6.45) is 0.599. The van der Waals surface area contributed by atoms with Crippen LogP contribution in [0.1, 0.15) is 18.9 Å². The molecule has 0 aliphatic heterocycles. The number of amides is 1. The van der Waals surface area contributed by atoms with E-state index in [1.54, 1.807) is 0 Å². The second-order valence-corrected chi connectivity index (χ2v) is 8.54. The van der Waals surface area contributed by atoms with Crippen LogP contribution in [0.3, 0.4) is 0 Å². The molecule has 0 radical (unpaired) electrons. The van der Waals surface area contributed by atoms with E-state index in [9.17, 15) is 26.4 Å². The maximum Gasteiger partial charge on any atom is 0.240 e. The molecule has 122 valence electrons. The first-order valence-corrected chi connectivity index (χ1v) is 9.62. The summed E-state index contributed by atoms with van der Waals surface area (Å²) in [5.41, 5.74) is 0.113. The summed E-state index contributed by atoms with van der Waals surface area (Å²) in [6.45, 7) is 1.22. The molecular weight excluding hydrogens is 332 g/mol. The highest BCUT2D eigenvalue weighted by Gasteiger charge is 2.18. The standard InChI is InChI=1S/C12H16N2O6S2/c1-8(15)5-12(16)14-10-4-3-9(7-21(2,17)18)6-11(10)22(13,19)20/h3-4,6H,5,7H2,1-2H3,(H,14,16)(H2,13,19,20). The molecule has 0 unspecified atom stereocenters. The predicted molar refractivity (Wildman–Crippen MR) is 80.3 cm³/mol. The van der Waals surface area contributed by atoms with Gasteiger partial charge in [0.25, 0.3) is 0 Å². The third-order valence-electron chi connectivity index (χ3n) is 2.46. The highest BCUT2D eigenvalue weighted by molar-refractivity contribution is 7.90. The van der Waals surface area contributed by atoms with Crippen LogP contribution in [0.4, 0.5) is 5.69 Å². The Morgan fingerprint density at radius 1 is 1.18 bits per heavy atom. The number of hydrogen-bond acceptors (Lipinski definition) is 6. The maximum atomic E-state index is 11.6. The lowest BCUT2D eigenvalue weighted by Crippen LogP contribution is -2.20. The predicted octanol–water partition coefficient (Wildman–Crippen LogP) is -0.204. The van der Waals surface area contributed by atoms with E-state index in [1.807, 2.05) is 0 Å². The van der Waals surface area contributed by atoms with Crippen LogP contribution in [0, 0.1) is 0 Å². The maximum absolute atomic E-state index is 11.6. The van der Waals surface area contributed by atoms with E-state index in [-0.39, 0.29) is 22.8 Å². The Morgan fingerprint density at radius 2 is 1.77 bits per heavy atom. The van der Waals surface area contributed by atoms with Gasteiger partial charge in [-0.25, -0.2) is 22.0 Å². The molecule has 10 heteroatoms. The molecule has 0 aliphatic rings. The van der Waals surface area contributed by atoms with E-state index < -0.39 is 37.1 Å². The molecule has 0 aliphatic carbocycles. The number of rotatable bonds is 6. The van der Waals surface area contributed by atoms with Crippen molar-refractivity contribution in [3.05, 3.63) is 23.8 Å². The van der Waals surface area contributed by atoms with Crippen molar-refractivity contribution in [2.24, 2.45) is 5.14 Å². The number of carbonyl (C=O) groups is 2. The molecule has 0 aromatic heterocycles. The minimum absolute atomic E-state index is 0.106. The normalized spacial score (nSPS) is 12.0. The summed E-state index contributed by atoms with van der Waals surface area (Å²) in [5.74, 6) is -1.44. The molecule has 0 bridgehead atoms. The quantitative estimate of drug-likeness (QED) is 0.682. The van der Waals surface area contributed by atoms with Gasteiger partial charge in [-0.3, -0.25) is 9.59 Å². The summed E-state index contributed by atoms with van der Waals surface area (Å²) < 4.78 is 45.7. The van der Waals surface area contributed by atoms with E-state index in [2.05, 4.69) is 5.32 Å². The van der Waals surface area contributed by atoms with Crippen molar-refractivity contribution >= 4 is 37.2 Å². The summed E-state index contributed by atoms with van der Waals surface area (Å²) >= 11 is 0. The number of benzene rings is 1. The molecule has 0 spiro atoms. The fourth-order valence-electron chi connectivity index (χ4n) is 1.72. The van der Waals surface area contributed by atoms with E-state index in [4.69, 9.17) is 5.14 Å². The van der Waals surface area contributed by atoms with Crippen molar-refractivity contribution in [1.82, 2.24) is 0 Å². The Morgan fingerprint density at radius 3 is 2.23 bits per heavy atom. The highest BCUT2D eigenvalue weighted by atomic mass is 32.2. The molecule has 22 heavy (non-hydrogen) atoms. The van der Waals surface area contributed by atoms with Gasteiger partial charge in [0.2, 0.25) is 15.9 Å². The number of ketones is 1. The van der Waals surface area contributed by atoms with Gasteiger partial charge in [-0.1, -0.05) is 6.07 Å². The van der Waals surface area contributed by atoms with Gasteiger partial charge in [0, 0.05) is 6.26 Å². The van der Waals surface area contributed by atoms with Crippen LogP contribution in [0.2, 0.25) is 0 Å². The number of primary sulfonamides is 1. The number of nitrogens with one attached hydrogen (secondary N) is 1. The van der Waals surface area contributed by atoms with Gasteiger partial charge >= 0.3 is 0 Å². The smallest absolute Gasteiger partial charge is 0.240 e. The third kappa shape index (κ3) is 5.92. The average Bonchev–Trinajstić information content (AvgIpc) is 2.26. The zero-order chi connectivity index (χ0) is 17.1. The lowest BCUT2D eigenvalue weighted by molar-refractivity contribution is -0.124. The van der Waals surface area contributed by atoms with Crippen molar-refractivity contribution in [2.45, 2.75) is 24.0 Å². The summed E-state index contributed by atoms with van der Waals surface area (Å²) in [4.78, 5) is 22.0. The molecule has 8 nitrogen and oxygen atoms in total. The number of anilines is 1. The molecule has 1 aromatic carbocycles. The monoisotopic (exact) mass is 348 g/mol. The van der Waals surface area contributed by atoms with Gasteiger partial charge in [0.05, 0.1) is 17.9 Å². The number of nitrogens with two attached hydrogens (primary N) is 1. The van der Waals surface area contributed by atoms with Crippen LogP contribution in [-0.4, -0.2) is 34.8 Å². The number of sulfone groups is 1. The third-order valence-corrected chi connectivity index (χ3v) is 4.27. The Hall–Kier alpha value is -1.78. The van der Waals surface area contributed by atoms with Crippen molar-refractivity contribution in [2.75, 3.05) is 11.6 Å². The first-order valence-electron chi connectivity index (χ1n) is 6.01. The topological polar surface area (TPSA) is 140 Å². The minimum atomic E-state index is -4.18. The molecule has 0 fully saturated rings. The van der Waals surface area contributed by atoms with Crippen molar-refractivity contribution < 1.29 is 26.4 Å². The van der Waals surface area contributed by atoms with E-state index >= 15 is 0 Å². The van der Waals surface area contributed by atoms with Crippen LogP contribution < -0.4 is 10.5 Å². The molecule has 1 rings (SSSR count). The second-order valence-electron chi connectivity index (χ2n) is 4.87.